The van der Waals surface area contributed by atoms with E-state index in [2.05, 4.69) is 10.3 Å². The van der Waals surface area contributed by atoms with E-state index in [1.807, 2.05) is 6.07 Å². The highest BCUT2D eigenvalue weighted by Gasteiger charge is 2.23. The summed E-state index contributed by atoms with van der Waals surface area (Å²) in [5, 5.41) is 8.81. The van der Waals surface area contributed by atoms with Gasteiger partial charge >= 0.3 is 0 Å². The predicted octanol–water partition coefficient (Wildman–Crippen LogP) is 2.31. The number of nitrogens with zero attached hydrogens (tertiary/aromatic N) is 2. The van der Waals surface area contributed by atoms with Crippen LogP contribution < -0.4 is 4.18 Å². The van der Waals surface area contributed by atoms with Crippen molar-refractivity contribution in [3.8, 4) is 11.7 Å². The minimum atomic E-state index is 0.170. The molecule has 0 radical (unpaired) electrons. The van der Waals surface area contributed by atoms with Gasteiger partial charge < -0.3 is 4.18 Å². The van der Waals surface area contributed by atoms with E-state index in [4.69, 9.17) is 9.44 Å². The van der Waals surface area contributed by atoms with E-state index in [0.717, 1.165) is 32.0 Å². The Bertz CT molecular complexity index is 456. The summed E-state index contributed by atoms with van der Waals surface area (Å²) in [4.78, 5) is 10.8. The van der Waals surface area contributed by atoms with Crippen LogP contribution in [0.25, 0.3) is 0 Å². The van der Waals surface area contributed by atoms with Crippen molar-refractivity contribution >= 4 is 25.2 Å². The molecule has 1 aromatic rings. The fourth-order valence-electron chi connectivity index (χ4n) is 1.81. The SMILES string of the molecule is N#CB1CCN(SOc2ccccc2C=O)CC1. The highest BCUT2D eigenvalue weighted by molar-refractivity contribution is 7.92. The van der Waals surface area contributed by atoms with Gasteiger partial charge in [0.1, 0.15) is 18.0 Å². The molecule has 0 amide bonds. The Morgan fingerprint density at radius 1 is 1.39 bits per heavy atom. The average Bonchev–Trinajstić information content (AvgIpc) is 2.46. The number of nitriles is 1. The van der Waals surface area contributed by atoms with Gasteiger partial charge in [0.05, 0.1) is 5.56 Å². The molecular formula is C12H13BN2O2S. The molecular weight excluding hydrogens is 247 g/mol. The van der Waals surface area contributed by atoms with E-state index >= 15 is 0 Å². The number of hydrogen-bond acceptors (Lipinski definition) is 5. The molecule has 1 fully saturated rings. The number of aldehydes is 1. The lowest BCUT2D eigenvalue weighted by Crippen LogP contribution is -2.32. The van der Waals surface area contributed by atoms with Crippen molar-refractivity contribution in [2.75, 3.05) is 13.1 Å². The second-order valence-electron chi connectivity index (χ2n) is 4.15. The molecule has 0 N–H and O–H groups in total. The summed E-state index contributed by atoms with van der Waals surface area (Å²) in [5.41, 5.74) is 0.553. The molecule has 1 aliphatic rings. The maximum absolute atomic E-state index is 10.8. The van der Waals surface area contributed by atoms with Crippen LogP contribution in [-0.2, 0) is 0 Å². The minimum absolute atomic E-state index is 0.170. The van der Waals surface area contributed by atoms with E-state index < -0.39 is 0 Å². The van der Waals surface area contributed by atoms with Gasteiger partial charge in [-0.25, -0.2) is 9.57 Å². The highest BCUT2D eigenvalue weighted by Crippen LogP contribution is 2.25. The zero-order valence-electron chi connectivity index (χ0n) is 9.91. The smallest absolute Gasteiger partial charge is 0.270 e. The van der Waals surface area contributed by atoms with Crippen LogP contribution in [0.1, 0.15) is 10.4 Å². The Kier molecular flexibility index (Phi) is 4.68. The first-order chi connectivity index (χ1) is 8.83. The number of carbonyl (C=O) groups is 1. The van der Waals surface area contributed by atoms with Crippen LogP contribution >= 0.6 is 12.2 Å². The Hall–Kier alpha value is -1.45. The second-order valence-corrected chi connectivity index (χ2v) is 4.98. The molecule has 0 bridgehead atoms. The van der Waals surface area contributed by atoms with E-state index in [9.17, 15) is 4.79 Å². The molecule has 2 rings (SSSR count). The third-order valence-corrected chi connectivity index (χ3v) is 3.74. The molecule has 0 spiro atoms. The summed E-state index contributed by atoms with van der Waals surface area (Å²) < 4.78 is 7.64. The Morgan fingerprint density at radius 3 is 2.78 bits per heavy atom. The Labute approximate surface area is 111 Å². The second kappa shape index (κ2) is 6.48. The van der Waals surface area contributed by atoms with E-state index in [0.29, 0.717) is 11.3 Å². The molecule has 1 aromatic carbocycles. The lowest BCUT2D eigenvalue weighted by Gasteiger charge is -2.25. The van der Waals surface area contributed by atoms with Gasteiger partial charge in [0.2, 0.25) is 0 Å². The fraction of sp³-hybridized carbons (Fsp3) is 0.333. The van der Waals surface area contributed by atoms with Crippen LogP contribution in [0.2, 0.25) is 12.6 Å². The maximum Gasteiger partial charge on any atom is 0.270 e. The van der Waals surface area contributed by atoms with Crippen molar-refractivity contribution in [3.05, 3.63) is 29.8 Å². The third kappa shape index (κ3) is 3.28. The standard InChI is InChI=1S/C12H13BN2O2S/c14-10-13-5-7-15(8-6-13)18-17-12-4-2-1-3-11(12)9-16/h1-4,9H,5-8H2. The normalized spacial score (nSPS) is 16.1. The van der Waals surface area contributed by atoms with Gasteiger partial charge in [0.25, 0.3) is 6.71 Å². The molecule has 0 unspecified atom stereocenters. The summed E-state index contributed by atoms with van der Waals surface area (Å²) in [7, 11) is 0. The largest absolute Gasteiger partial charge is 0.409 e. The van der Waals surface area contributed by atoms with Gasteiger partial charge in [-0.15, -0.1) is 0 Å². The van der Waals surface area contributed by atoms with Crippen molar-refractivity contribution in [2.45, 2.75) is 12.6 Å². The lowest BCUT2D eigenvalue weighted by atomic mass is 9.45. The molecule has 18 heavy (non-hydrogen) atoms. The molecule has 0 aromatic heterocycles. The van der Waals surface area contributed by atoms with Crippen molar-refractivity contribution in [3.63, 3.8) is 0 Å². The molecule has 1 aliphatic heterocycles. The van der Waals surface area contributed by atoms with E-state index in [1.54, 1.807) is 18.2 Å². The quantitative estimate of drug-likeness (QED) is 0.360. The van der Waals surface area contributed by atoms with Crippen LogP contribution in [0.4, 0.5) is 0 Å². The number of carbonyl (C=O) groups excluding carboxylic acids is 1. The van der Waals surface area contributed by atoms with E-state index in [-0.39, 0.29) is 6.71 Å². The number of hydrogen-bond donors (Lipinski definition) is 0. The molecule has 0 aliphatic carbocycles. The molecule has 6 heteroatoms. The van der Waals surface area contributed by atoms with Crippen LogP contribution in [-0.4, -0.2) is 30.4 Å². The first-order valence-corrected chi connectivity index (χ1v) is 6.56. The molecule has 1 heterocycles. The summed E-state index contributed by atoms with van der Waals surface area (Å²) in [6.45, 7) is 1.85. The Balaban J connectivity index is 1.85. The molecule has 0 atom stereocenters. The summed E-state index contributed by atoms with van der Waals surface area (Å²) in [6, 6.07) is 7.15. The van der Waals surface area contributed by atoms with Crippen molar-refractivity contribution in [1.29, 1.82) is 5.26 Å². The number of benzene rings is 1. The maximum atomic E-state index is 10.8. The van der Waals surface area contributed by atoms with Crippen molar-refractivity contribution in [1.82, 2.24) is 4.31 Å². The Morgan fingerprint density at radius 2 is 2.11 bits per heavy atom. The number of rotatable bonds is 4. The van der Waals surface area contributed by atoms with Crippen molar-refractivity contribution < 1.29 is 8.98 Å². The molecule has 1 saturated heterocycles. The first kappa shape index (κ1) is 13.0. The van der Waals surface area contributed by atoms with Gasteiger partial charge in [0, 0.05) is 19.1 Å². The summed E-state index contributed by atoms with van der Waals surface area (Å²) in [5.74, 6) is 2.88. The molecule has 92 valence electrons. The summed E-state index contributed by atoms with van der Waals surface area (Å²) >= 11 is 1.26. The third-order valence-electron chi connectivity index (χ3n) is 2.91. The summed E-state index contributed by atoms with van der Waals surface area (Å²) in [6.07, 6.45) is 2.54. The first-order valence-electron chi connectivity index (χ1n) is 5.87. The van der Waals surface area contributed by atoms with E-state index in [1.165, 1.54) is 12.2 Å². The fourth-order valence-corrected chi connectivity index (χ4v) is 2.50. The van der Waals surface area contributed by atoms with Crippen LogP contribution in [0.15, 0.2) is 24.3 Å². The zero-order valence-corrected chi connectivity index (χ0v) is 10.7. The monoisotopic (exact) mass is 260 g/mol. The van der Waals surface area contributed by atoms with Crippen LogP contribution in [0, 0.1) is 11.2 Å². The highest BCUT2D eigenvalue weighted by atomic mass is 32.2. The minimum Gasteiger partial charge on any atom is -0.409 e. The predicted molar refractivity (Wildman–Crippen MR) is 72.6 cm³/mol. The molecule has 4 nitrogen and oxygen atoms in total. The van der Waals surface area contributed by atoms with Crippen molar-refractivity contribution in [2.24, 2.45) is 0 Å². The van der Waals surface area contributed by atoms with Crippen LogP contribution in [0.5, 0.6) is 5.75 Å². The lowest BCUT2D eigenvalue weighted by molar-refractivity contribution is 0.112. The van der Waals surface area contributed by atoms with Gasteiger partial charge in [-0.1, -0.05) is 12.1 Å². The average molecular weight is 260 g/mol. The van der Waals surface area contributed by atoms with Gasteiger partial charge in [-0.2, -0.15) is 0 Å². The van der Waals surface area contributed by atoms with Crippen LogP contribution in [0.3, 0.4) is 0 Å². The zero-order chi connectivity index (χ0) is 12.8. The number of para-hydroxylation sites is 1. The van der Waals surface area contributed by atoms with Gasteiger partial charge in [-0.3, -0.25) is 4.79 Å². The van der Waals surface area contributed by atoms with Gasteiger partial charge in [0.15, 0.2) is 6.29 Å². The topological polar surface area (TPSA) is 53.3 Å². The van der Waals surface area contributed by atoms with Gasteiger partial charge in [-0.05, 0) is 24.8 Å². The molecule has 0 saturated carbocycles.